The molecule has 1 unspecified atom stereocenters. The zero-order chi connectivity index (χ0) is 31.7. The number of rotatable bonds is 13. The van der Waals surface area contributed by atoms with Crippen LogP contribution in [-0.2, 0) is 32.6 Å². The Morgan fingerprint density at radius 2 is 1.41 bits per heavy atom. The first-order valence-electron chi connectivity index (χ1n) is 14.6. The number of benzene rings is 4. The van der Waals surface area contributed by atoms with Gasteiger partial charge in [-0.2, -0.15) is 0 Å². The number of amides is 2. The van der Waals surface area contributed by atoms with Crippen LogP contribution in [0.1, 0.15) is 35.6 Å². The number of nitrogens with one attached hydrogen (secondary N) is 1. The van der Waals surface area contributed by atoms with Gasteiger partial charge < -0.3 is 10.2 Å². The molecule has 4 rings (SSSR count). The Bertz CT molecular complexity index is 1640. The summed E-state index contributed by atoms with van der Waals surface area (Å²) < 4.78 is 43.1. The van der Waals surface area contributed by atoms with Crippen molar-refractivity contribution < 1.29 is 22.4 Å². The molecule has 0 heterocycles. The lowest BCUT2D eigenvalue weighted by Crippen LogP contribution is -2.53. The Morgan fingerprint density at radius 1 is 0.818 bits per heavy atom. The second-order valence-corrected chi connectivity index (χ2v) is 12.7. The van der Waals surface area contributed by atoms with Crippen LogP contribution in [0.3, 0.4) is 0 Å². The van der Waals surface area contributed by atoms with Gasteiger partial charge in [-0.1, -0.05) is 73.7 Å². The van der Waals surface area contributed by atoms with E-state index in [1.165, 1.54) is 29.2 Å². The number of carbonyl (C=O) groups excluding carboxylic acids is 2. The minimum Gasteiger partial charge on any atom is -0.354 e. The van der Waals surface area contributed by atoms with Gasteiger partial charge in [-0.15, -0.1) is 0 Å². The van der Waals surface area contributed by atoms with Gasteiger partial charge in [-0.25, -0.2) is 12.8 Å². The molecule has 230 valence electrons. The molecule has 0 fully saturated rings. The first-order chi connectivity index (χ1) is 21.1. The summed E-state index contributed by atoms with van der Waals surface area (Å²) in [6.45, 7) is 5.50. The monoisotopic (exact) mass is 615 g/mol. The van der Waals surface area contributed by atoms with E-state index in [1.54, 1.807) is 42.5 Å². The molecule has 0 aliphatic carbocycles. The molecule has 1 N–H and O–H groups in total. The van der Waals surface area contributed by atoms with Crippen molar-refractivity contribution in [1.82, 2.24) is 10.2 Å². The standard InChI is InChI=1S/C35H38FN3O4S/c1-4-19-37-35(41)33(23-28-11-7-5-8-12-28)38(24-29-15-17-30(36)18-16-29)34(40)25-39(31-21-26(2)20-27(3)22-31)44(42,43)32-13-9-6-10-14-32/h5-18,20-22,33H,4,19,23-25H2,1-3H3,(H,37,41). The van der Waals surface area contributed by atoms with Crippen molar-refractivity contribution in [2.24, 2.45) is 0 Å². The minimum absolute atomic E-state index is 0.0256. The highest BCUT2D eigenvalue weighted by atomic mass is 32.2. The number of nitrogens with zero attached hydrogens (tertiary/aromatic N) is 2. The van der Waals surface area contributed by atoms with Crippen LogP contribution < -0.4 is 9.62 Å². The highest BCUT2D eigenvalue weighted by Crippen LogP contribution is 2.27. The summed E-state index contributed by atoms with van der Waals surface area (Å²) in [6.07, 6.45) is 0.907. The Hall–Kier alpha value is -4.50. The fourth-order valence-electron chi connectivity index (χ4n) is 5.05. The van der Waals surface area contributed by atoms with E-state index in [0.717, 1.165) is 21.0 Å². The number of aryl methyl sites for hydroxylation is 2. The summed E-state index contributed by atoms with van der Waals surface area (Å²) in [5.41, 5.74) is 3.46. The summed E-state index contributed by atoms with van der Waals surface area (Å²) in [5, 5.41) is 2.91. The Labute approximate surface area is 259 Å². The zero-order valence-electron chi connectivity index (χ0n) is 25.2. The van der Waals surface area contributed by atoms with Gasteiger partial charge in [0.05, 0.1) is 10.6 Å². The van der Waals surface area contributed by atoms with Crippen LogP contribution in [0.4, 0.5) is 10.1 Å². The molecule has 0 aliphatic heterocycles. The molecule has 0 spiro atoms. The maximum atomic E-state index is 14.4. The maximum absolute atomic E-state index is 14.4. The van der Waals surface area contributed by atoms with Crippen molar-refractivity contribution >= 4 is 27.5 Å². The van der Waals surface area contributed by atoms with Gasteiger partial charge in [0.2, 0.25) is 11.8 Å². The van der Waals surface area contributed by atoms with Crippen LogP contribution in [0.25, 0.3) is 0 Å². The van der Waals surface area contributed by atoms with Gasteiger partial charge in [-0.3, -0.25) is 13.9 Å². The third-order valence-corrected chi connectivity index (χ3v) is 8.98. The molecule has 9 heteroatoms. The molecule has 0 radical (unpaired) electrons. The third kappa shape index (κ3) is 8.32. The largest absolute Gasteiger partial charge is 0.354 e. The smallest absolute Gasteiger partial charge is 0.264 e. The molecular weight excluding hydrogens is 577 g/mol. The lowest BCUT2D eigenvalue weighted by Gasteiger charge is -2.34. The number of hydrogen-bond donors (Lipinski definition) is 1. The van der Waals surface area contributed by atoms with Crippen LogP contribution in [0.15, 0.2) is 108 Å². The lowest BCUT2D eigenvalue weighted by molar-refractivity contribution is -0.140. The van der Waals surface area contributed by atoms with Crippen molar-refractivity contribution in [3.8, 4) is 0 Å². The van der Waals surface area contributed by atoms with E-state index in [9.17, 15) is 22.4 Å². The lowest BCUT2D eigenvalue weighted by atomic mass is 10.0. The third-order valence-electron chi connectivity index (χ3n) is 7.19. The second kappa shape index (κ2) is 14.8. The van der Waals surface area contributed by atoms with Gasteiger partial charge >= 0.3 is 0 Å². The van der Waals surface area contributed by atoms with Crippen molar-refractivity contribution in [2.75, 3.05) is 17.4 Å². The highest BCUT2D eigenvalue weighted by Gasteiger charge is 2.34. The van der Waals surface area contributed by atoms with Crippen molar-refractivity contribution in [1.29, 1.82) is 0 Å². The molecule has 0 aliphatic rings. The summed E-state index contributed by atoms with van der Waals surface area (Å²) >= 11 is 0. The van der Waals surface area contributed by atoms with Gasteiger partial charge in [0.15, 0.2) is 0 Å². The van der Waals surface area contributed by atoms with E-state index in [2.05, 4.69) is 5.32 Å². The first-order valence-corrected chi connectivity index (χ1v) is 16.0. The summed E-state index contributed by atoms with van der Waals surface area (Å²) in [4.78, 5) is 29.5. The van der Waals surface area contributed by atoms with E-state index in [4.69, 9.17) is 0 Å². The molecule has 4 aromatic rings. The van der Waals surface area contributed by atoms with E-state index >= 15 is 0 Å². The molecule has 7 nitrogen and oxygen atoms in total. The summed E-state index contributed by atoms with van der Waals surface area (Å²) in [7, 11) is -4.18. The van der Waals surface area contributed by atoms with Crippen molar-refractivity contribution in [3.63, 3.8) is 0 Å². The average molecular weight is 616 g/mol. The van der Waals surface area contributed by atoms with Crippen LogP contribution in [0.5, 0.6) is 0 Å². The van der Waals surface area contributed by atoms with Gasteiger partial charge in [0, 0.05) is 19.5 Å². The molecule has 44 heavy (non-hydrogen) atoms. The van der Waals surface area contributed by atoms with Gasteiger partial charge in [0.25, 0.3) is 10.0 Å². The summed E-state index contributed by atoms with van der Waals surface area (Å²) in [6, 6.07) is 27.4. The predicted molar refractivity (Wildman–Crippen MR) is 171 cm³/mol. The Kier molecular flexibility index (Phi) is 10.9. The molecular formula is C35H38FN3O4S. The number of hydrogen-bond acceptors (Lipinski definition) is 4. The van der Waals surface area contributed by atoms with Gasteiger partial charge in [-0.05, 0) is 78.9 Å². The van der Waals surface area contributed by atoms with Gasteiger partial charge in [0.1, 0.15) is 18.4 Å². The van der Waals surface area contributed by atoms with Crippen molar-refractivity contribution in [3.05, 3.63) is 131 Å². The van der Waals surface area contributed by atoms with Crippen LogP contribution >= 0.6 is 0 Å². The molecule has 2 amide bonds. The van der Waals surface area contributed by atoms with E-state index < -0.39 is 34.3 Å². The fourth-order valence-corrected chi connectivity index (χ4v) is 6.47. The highest BCUT2D eigenvalue weighted by molar-refractivity contribution is 7.92. The average Bonchev–Trinajstić information content (AvgIpc) is 3.01. The SMILES string of the molecule is CCCNC(=O)C(Cc1ccccc1)N(Cc1ccc(F)cc1)C(=O)CN(c1cc(C)cc(C)c1)S(=O)(=O)c1ccccc1. The fraction of sp³-hybridized carbons (Fsp3) is 0.257. The van der Waals surface area contributed by atoms with E-state index in [1.807, 2.05) is 57.2 Å². The predicted octanol–water partition coefficient (Wildman–Crippen LogP) is 5.80. The quantitative estimate of drug-likeness (QED) is 0.206. The zero-order valence-corrected chi connectivity index (χ0v) is 26.1. The normalized spacial score (nSPS) is 11.9. The molecule has 0 saturated heterocycles. The van der Waals surface area contributed by atoms with Crippen LogP contribution in [0.2, 0.25) is 0 Å². The molecule has 0 aromatic heterocycles. The number of carbonyl (C=O) groups is 2. The van der Waals surface area contributed by atoms with Crippen molar-refractivity contribution in [2.45, 2.75) is 51.1 Å². The van der Waals surface area contributed by atoms with Crippen LogP contribution in [-0.4, -0.2) is 44.3 Å². The maximum Gasteiger partial charge on any atom is 0.264 e. The second-order valence-electron chi connectivity index (χ2n) is 10.8. The van der Waals surface area contributed by atoms with E-state index in [0.29, 0.717) is 24.2 Å². The molecule has 4 aromatic carbocycles. The Morgan fingerprint density at radius 3 is 2.00 bits per heavy atom. The molecule has 0 saturated carbocycles. The molecule has 1 atom stereocenters. The number of anilines is 1. The topological polar surface area (TPSA) is 86.8 Å². The van der Waals surface area contributed by atoms with E-state index in [-0.39, 0.29) is 23.8 Å². The number of sulfonamides is 1. The first kappa shape index (κ1) is 32.4. The minimum atomic E-state index is -4.18. The van der Waals surface area contributed by atoms with Crippen LogP contribution in [0, 0.1) is 19.7 Å². The Balaban J connectivity index is 1.81. The number of halogens is 1. The molecule has 0 bridgehead atoms. The summed E-state index contributed by atoms with van der Waals surface area (Å²) in [5.74, 6) is -1.35.